The molecule has 1 amide bonds. The Labute approximate surface area is 183 Å². The molecule has 0 aliphatic carbocycles. The zero-order valence-corrected chi connectivity index (χ0v) is 18.2. The Morgan fingerprint density at radius 2 is 2.03 bits per heavy atom. The number of halogens is 3. The number of hydrogen-bond acceptors (Lipinski definition) is 4. The number of aromatic nitrogens is 2. The molecule has 1 aromatic heterocycles. The number of nitrogens with two attached hydrogens (primary N) is 1. The number of anilines is 1. The van der Waals surface area contributed by atoms with Gasteiger partial charge in [0.25, 0.3) is 5.91 Å². The van der Waals surface area contributed by atoms with E-state index in [4.69, 9.17) is 33.7 Å². The number of carbonyl (C=O) groups is 1. The maximum absolute atomic E-state index is 15.0. The lowest BCUT2D eigenvalue weighted by molar-refractivity contribution is 0.0945. The van der Waals surface area contributed by atoms with E-state index in [1.165, 1.54) is 24.3 Å². The van der Waals surface area contributed by atoms with E-state index < -0.39 is 5.82 Å². The van der Waals surface area contributed by atoms with Gasteiger partial charge in [-0.2, -0.15) is 0 Å². The largest absolute Gasteiger partial charge is 0.453 e. The minimum atomic E-state index is -0.689. The maximum Gasteiger partial charge on any atom is 0.269 e. The summed E-state index contributed by atoms with van der Waals surface area (Å²) in [5.74, 6) is -0.135. The molecule has 0 saturated carbocycles. The molecule has 4 N–H and O–H groups in total. The first-order valence-corrected chi connectivity index (χ1v) is 9.96. The number of rotatable bonds is 6. The van der Waals surface area contributed by atoms with E-state index in [0.29, 0.717) is 27.9 Å². The highest BCUT2D eigenvalue weighted by molar-refractivity contribution is 6.32. The first-order chi connectivity index (χ1) is 14.2. The Morgan fingerprint density at radius 1 is 1.30 bits per heavy atom. The molecule has 0 atom stereocenters. The summed E-state index contributed by atoms with van der Waals surface area (Å²) >= 11 is 12.1. The monoisotopic (exact) mass is 450 g/mol. The highest BCUT2D eigenvalue weighted by Gasteiger charge is 2.19. The van der Waals surface area contributed by atoms with Crippen LogP contribution < -0.4 is 15.8 Å². The van der Waals surface area contributed by atoms with Gasteiger partial charge in [0.15, 0.2) is 11.6 Å². The van der Waals surface area contributed by atoms with Crippen molar-refractivity contribution in [3.05, 3.63) is 69.0 Å². The van der Waals surface area contributed by atoms with Gasteiger partial charge in [0.1, 0.15) is 17.3 Å². The Kier molecular flexibility index (Phi) is 6.53. The number of nitrogen functional groups attached to an aromatic ring is 1. The highest BCUT2D eigenvalue weighted by Crippen LogP contribution is 2.35. The second kappa shape index (κ2) is 8.93. The summed E-state index contributed by atoms with van der Waals surface area (Å²) in [4.78, 5) is 19.9. The number of imidazole rings is 1. The fourth-order valence-corrected chi connectivity index (χ4v) is 3.22. The van der Waals surface area contributed by atoms with Crippen LogP contribution in [0.15, 0.2) is 30.3 Å². The molecule has 0 bridgehead atoms. The number of benzene rings is 2. The van der Waals surface area contributed by atoms with E-state index in [2.05, 4.69) is 15.3 Å². The Bertz CT molecular complexity index is 1080. The topological polar surface area (TPSA) is 93.0 Å². The molecule has 0 aliphatic rings. The quantitative estimate of drug-likeness (QED) is 0.426. The molecule has 2 aromatic carbocycles. The van der Waals surface area contributed by atoms with Crippen molar-refractivity contribution < 1.29 is 13.9 Å². The molecule has 3 rings (SSSR count). The SMILES string of the molecule is Cc1nc(C(C)C)[nH]c1C(=O)NCc1ccc(Cl)c(Oc2cc(N)cc(Cl)c2)c1F. The predicted octanol–water partition coefficient (Wildman–Crippen LogP) is 5.59. The predicted molar refractivity (Wildman–Crippen MR) is 116 cm³/mol. The molecule has 0 saturated heterocycles. The molecule has 3 aromatic rings. The van der Waals surface area contributed by atoms with Crippen LogP contribution in [0.1, 0.15) is 47.3 Å². The van der Waals surface area contributed by atoms with Gasteiger partial charge >= 0.3 is 0 Å². The lowest BCUT2D eigenvalue weighted by Crippen LogP contribution is -2.24. The van der Waals surface area contributed by atoms with Crippen molar-refractivity contribution in [2.45, 2.75) is 33.2 Å². The minimum Gasteiger partial charge on any atom is -0.453 e. The fraction of sp³-hybridized carbons (Fsp3) is 0.238. The normalized spacial score (nSPS) is 11.0. The molecule has 0 fully saturated rings. The number of carbonyl (C=O) groups excluding carboxylic acids is 1. The standard InChI is InChI=1S/C21H21Cl2FN4O2/c1-10(2)20-27-11(3)18(28-20)21(29)26-9-12-4-5-16(23)19(17(12)24)30-15-7-13(22)6-14(25)8-15/h4-8,10H,9,25H2,1-3H3,(H,26,29)(H,27,28). The molecule has 6 nitrogen and oxygen atoms in total. The smallest absolute Gasteiger partial charge is 0.269 e. The average molecular weight is 451 g/mol. The summed E-state index contributed by atoms with van der Waals surface area (Å²) in [6.07, 6.45) is 0. The van der Waals surface area contributed by atoms with E-state index in [-0.39, 0.29) is 40.5 Å². The summed E-state index contributed by atoms with van der Waals surface area (Å²) in [6.45, 7) is 5.62. The van der Waals surface area contributed by atoms with Crippen molar-refractivity contribution in [3.63, 3.8) is 0 Å². The molecule has 0 spiro atoms. The van der Waals surface area contributed by atoms with Crippen LogP contribution in [0.2, 0.25) is 10.0 Å². The summed E-state index contributed by atoms with van der Waals surface area (Å²) in [6, 6.07) is 7.52. The molecule has 1 heterocycles. The third-order valence-electron chi connectivity index (χ3n) is 4.36. The van der Waals surface area contributed by atoms with Crippen LogP contribution in [-0.2, 0) is 6.54 Å². The molecule has 30 heavy (non-hydrogen) atoms. The van der Waals surface area contributed by atoms with Crippen LogP contribution in [0.5, 0.6) is 11.5 Å². The van der Waals surface area contributed by atoms with Crippen LogP contribution >= 0.6 is 23.2 Å². The molecule has 158 valence electrons. The lowest BCUT2D eigenvalue weighted by Gasteiger charge is -2.13. The summed E-state index contributed by atoms with van der Waals surface area (Å²) in [7, 11) is 0. The fourth-order valence-electron chi connectivity index (χ4n) is 2.81. The average Bonchev–Trinajstić information content (AvgIpc) is 3.05. The number of amides is 1. The van der Waals surface area contributed by atoms with E-state index in [1.54, 1.807) is 13.0 Å². The second-order valence-corrected chi connectivity index (χ2v) is 7.94. The van der Waals surface area contributed by atoms with Gasteiger partial charge in [-0.25, -0.2) is 9.37 Å². The summed E-state index contributed by atoms with van der Waals surface area (Å²) in [5.41, 5.74) is 7.24. The summed E-state index contributed by atoms with van der Waals surface area (Å²) in [5, 5.41) is 3.11. The molecular weight excluding hydrogens is 430 g/mol. The van der Waals surface area contributed by atoms with E-state index in [9.17, 15) is 4.79 Å². The van der Waals surface area contributed by atoms with Crippen molar-refractivity contribution in [3.8, 4) is 11.5 Å². The number of nitrogens with zero attached hydrogens (tertiary/aromatic N) is 1. The maximum atomic E-state index is 15.0. The van der Waals surface area contributed by atoms with Crippen molar-refractivity contribution in [2.24, 2.45) is 0 Å². The van der Waals surface area contributed by atoms with Gasteiger partial charge in [-0.15, -0.1) is 0 Å². The number of nitrogens with one attached hydrogen (secondary N) is 2. The van der Waals surface area contributed by atoms with Crippen LogP contribution in [0.3, 0.4) is 0 Å². The lowest BCUT2D eigenvalue weighted by atomic mass is 10.2. The zero-order chi connectivity index (χ0) is 22.0. The Morgan fingerprint density at radius 3 is 2.67 bits per heavy atom. The number of aryl methyl sites for hydroxylation is 1. The van der Waals surface area contributed by atoms with Gasteiger partial charge in [-0.3, -0.25) is 4.79 Å². The highest BCUT2D eigenvalue weighted by atomic mass is 35.5. The zero-order valence-electron chi connectivity index (χ0n) is 16.6. The van der Waals surface area contributed by atoms with Crippen molar-refractivity contribution in [1.82, 2.24) is 15.3 Å². The van der Waals surface area contributed by atoms with Gasteiger partial charge in [0.2, 0.25) is 0 Å². The van der Waals surface area contributed by atoms with Gasteiger partial charge in [-0.1, -0.05) is 43.1 Å². The van der Waals surface area contributed by atoms with E-state index in [1.807, 2.05) is 13.8 Å². The van der Waals surface area contributed by atoms with Gasteiger partial charge < -0.3 is 20.8 Å². The molecule has 0 aliphatic heterocycles. The number of H-pyrrole nitrogens is 1. The van der Waals surface area contributed by atoms with Crippen molar-refractivity contribution >= 4 is 34.8 Å². The van der Waals surface area contributed by atoms with Crippen LogP contribution in [0.4, 0.5) is 10.1 Å². The molecule has 0 radical (unpaired) electrons. The van der Waals surface area contributed by atoms with Gasteiger partial charge in [-0.05, 0) is 25.1 Å². The van der Waals surface area contributed by atoms with Gasteiger partial charge in [0, 0.05) is 34.8 Å². The van der Waals surface area contributed by atoms with Crippen LogP contribution in [0, 0.1) is 12.7 Å². The van der Waals surface area contributed by atoms with Crippen LogP contribution in [0.25, 0.3) is 0 Å². The minimum absolute atomic E-state index is 0.0641. The Balaban J connectivity index is 1.79. The van der Waals surface area contributed by atoms with Crippen molar-refractivity contribution in [2.75, 3.05) is 5.73 Å². The second-order valence-electron chi connectivity index (χ2n) is 7.09. The van der Waals surface area contributed by atoms with E-state index >= 15 is 4.39 Å². The van der Waals surface area contributed by atoms with E-state index in [0.717, 1.165) is 0 Å². The first-order valence-electron chi connectivity index (χ1n) is 9.21. The van der Waals surface area contributed by atoms with Crippen LogP contribution in [-0.4, -0.2) is 15.9 Å². The number of aromatic amines is 1. The molecular formula is C21H21Cl2FN4O2. The third-order valence-corrected chi connectivity index (χ3v) is 4.87. The van der Waals surface area contributed by atoms with Crippen molar-refractivity contribution in [1.29, 1.82) is 0 Å². The third kappa shape index (κ3) is 4.86. The molecule has 0 unspecified atom stereocenters. The first kappa shape index (κ1) is 21.9. The summed E-state index contributed by atoms with van der Waals surface area (Å²) < 4.78 is 20.6. The number of ether oxygens (including phenoxy) is 1. The van der Waals surface area contributed by atoms with Gasteiger partial charge in [0.05, 0.1) is 10.7 Å². The Hall–Kier alpha value is -2.77. The number of hydrogen-bond donors (Lipinski definition) is 3. The molecule has 9 heteroatoms.